The molecule has 0 spiro atoms. The summed E-state index contributed by atoms with van der Waals surface area (Å²) >= 11 is 3.63. The Balaban J connectivity index is 1.86. The number of nitrogens with two attached hydrogens (primary N) is 1. The minimum Gasteiger partial charge on any atom is -0.493 e. The van der Waals surface area contributed by atoms with Crippen LogP contribution in [0.3, 0.4) is 0 Å². The molecule has 2 N–H and O–H groups in total. The summed E-state index contributed by atoms with van der Waals surface area (Å²) in [5, 5.41) is 0. The van der Waals surface area contributed by atoms with Gasteiger partial charge in [0.2, 0.25) is 0 Å². The molecule has 2 saturated carbocycles. The van der Waals surface area contributed by atoms with E-state index in [1.165, 1.54) is 19.3 Å². The number of rotatable bonds is 5. The Bertz CT molecular complexity index is 481. The Hall–Kier alpha value is -0.740. The second kappa shape index (κ2) is 4.98. The van der Waals surface area contributed by atoms with Crippen LogP contribution in [0, 0.1) is 5.92 Å². The number of methoxy groups -OCH3 is 1. The third-order valence-electron chi connectivity index (χ3n) is 4.21. The number of benzene rings is 1. The Morgan fingerprint density at radius 1 is 1.32 bits per heavy atom. The lowest BCUT2D eigenvalue weighted by molar-refractivity contribution is 0.248. The normalized spacial score (nSPS) is 20.8. The zero-order chi connectivity index (χ0) is 13.5. The molecule has 0 radical (unpaired) electrons. The van der Waals surface area contributed by atoms with Crippen LogP contribution in [0.5, 0.6) is 11.5 Å². The van der Waals surface area contributed by atoms with Gasteiger partial charge in [-0.2, -0.15) is 0 Å². The molecule has 0 saturated heterocycles. The van der Waals surface area contributed by atoms with E-state index in [0.29, 0.717) is 0 Å². The molecular weight excluding hydrogens is 306 g/mol. The molecule has 2 aliphatic rings. The monoisotopic (exact) mass is 325 g/mol. The summed E-state index contributed by atoms with van der Waals surface area (Å²) in [6, 6.07) is 4.04. The fourth-order valence-electron chi connectivity index (χ4n) is 2.51. The molecule has 0 atom stereocenters. The van der Waals surface area contributed by atoms with E-state index in [1.807, 2.05) is 12.1 Å². The summed E-state index contributed by atoms with van der Waals surface area (Å²) in [5.41, 5.74) is 7.34. The third kappa shape index (κ3) is 2.61. The molecule has 2 fully saturated rings. The Kier molecular flexibility index (Phi) is 3.48. The Labute approximate surface area is 122 Å². The van der Waals surface area contributed by atoms with Crippen molar-refractivity contribution in [2.75, 3.05) is 13.7 Å². The molecule has 3 rings (SSSR count). The average molecular weight is 326 g/mol. The van der Waals surface area contributed by atoms with Crippen molar-refractivity contribution in [3.63, 3.8) is 0 Å². The van der Waals surface area contributed by atoms with E-state index in [9.17, 15) is 0 Å². The molecule has 0 amide bonds. The molecule has 1 aromatic carbocycles. The van der Waals surface area contributed by atoms with Crippen molar-refractivity contribution in [2.45, 2.75) is 37.6 Å². The first kappa shape index (κ1) is 13.3. The minimum absolute atomic E-state index is 0.193. The summed E-state index contributed by atoms with van der Waals surface area (Å²) in [6.45, 7) is 0.788. The first-order valence-electron chi connectivity index (χ1n) is 6.92. The van der Waals surface area contributed by atoms with Crippen LogP contribution in [0.1, 0.15) is 37.7 Å². The van der Waals surface area contributed by atoms with E-state index in [1.54, 1.807) is 7.11 Å². The van der Waals surface area contributed by atoms with Crippen molar-refractivity contribution in [3.8, 4) is 11.5 Å². The van der Waals surface area contributed by atoms with Gasteiger partial charge in [0.25, 0.3) is 0 Å². The summed E-state index contributed by atoms with van der Waals surface area (Å²) < 4.78 is 12.3. The lowest BCUT2D eigenvalue weighted by Crippen LogP contribution is -2.43. The lowest BCUT2D eigenvalue weighted by Gasteiger charge is -2.39. The van der Waals surface area contributed by atoms with Crippen LogP contribution in [0.15, 0.2) is 16.6 Å². The van der Waals surface area contributed by atoms with Crippen LogP contribution in [-0.4, -0.2) is 13.7 Å². The molecule has 4 heteroatoms. The maximum Gasteiger partial charge on any atom is 0.162 e. The van der Waals surface area contributed by atoms with E-state index in [4.69, 9.17) is 15.2 Å². The minimum atomic E-state index is -0.193. The predicted molar refractivity (Wildman–Crippen MR) is 78.6 cm³/mol. The number of ether oxygens (including phenoxy) is 2. The fraction of sp³-hybridized carbons (Fsp3) is 0.600. The highest BCUT2D eigenvalue weighted by atomic mass is 79.9. The van der Waals surface area contributed by atoms with Crippen LogP contribution in [0.2, 0.25) is 0 Å². The fourth-order valence-corrected chi connectivity index (χ4v) is 3.23. The predicted octanol–water partition coefficient (Wildman–Crippen LogP) is 3.58. The van der Waals surface area contributed by atoms with E-state index in [2.05, 4.69) is 15.9 Å². The molecule has 0 aliphatic heterocycles. The highest BCUT2D eigenvalue weighted by Crippen LogP contribution is 2.45. The summed E-state index contributed by atoms with van der Waals surface area (Å²) in [4.78, 5) is 0. The number of hydrogen-bond acceptors (Lipinski definition) is 3. The van der Waals surface area contributed by atoms with Gasteiger partial charge in [0.15, 0.2) is 11.5 Å². The van der Waals surface area contributed by atoms with E-state index < -0.39 is 0 Å². The van der Waals surface area contributed by atoms with E-state index >= 15 is 0 Å². The first-order valence-corrected chi connectivity index (χ1v) is 7.71. The second-order valence-electron chi connectivity index (χ2n) is 5.75. The molecule has 3 nitrogen and oxygen atoms in total. The summed E-state index contributed by atoms with van der Waals surface area (Å²) in [6.07, 6.45) is 5.85. The second-order valence-corrected chi connectivity index (χ2v) is 6.60. The van der Waals surface area contributed by atoms with Gasteiger partial charge in [-0.15, -0.1) is 0 Å². The van der Waals surface area contributed by atoms with Crippen molar-refractivity contribution in [1.29, 1.82) is 0 Å². The van der Waals surface area contributed by atoms with Gasteiger partial charge in [-0.25, -0.2) is 0 Å². The van der Waals surface area contributed by atoms with Gasteiger partial charge in [-0.3, -0.25) is 0 Å². The van der Waals surface area contributed by atoms with Crippen molar-refractivity contribution in [2.24, 2.45) is 11.7 Å². The third-order valence-corrected chi connectivity index (χ3v) is 4.86. The van der Waals surface area contributed by atoms with Crippen LogP contribution >= 0.6 is 15.9 Å². The van der Waals surface area contributed by atoms with Crippen LogP contribution < -0.4 is 15.2 Å². The molecule has 0 aromatic heterocycles. The maximum atomic E-state index is 6.40. The zero-order valence-corrected chi connectivity index (χ0v) is 12.8. The molecule has 2 aliphatic carbocycles. The zero-order valence-electron chi connectivity index (χ0n) is 11.2. The molecular formula is C15H20BrNO2. The molecule has 104 valence electrons. The largest absolute Gasteiger partial charge is 0.493 e. The highest BCUT2D eigenvalue weighted by molar-refractivity contribution is 9.10. The van der Waals surface area contributed by atoms with Crippen LogP contribution in [-0.2, 0) is 5.54 Å². The van der Waals surface area contributed by atoms with Crippen molar-refractivity contribution in [3.05, 3.63) is 22.2 Å². The summed E-state index contributed by atoms with van der Waals surface area (Å²) in [5.74, 6) is 2.33. The quantitative estimate of drug-likeness (QED) is 0.899. The van der Waals surface area contributed by atoms with Gasteiger partial charge >= 0.3 is 0 Å². The first-order chi connectivity index (χ1) is 9.12. The molecule has 0 heterocycles. The highest BCUT2D eigenvalue weighted by Gasteiger charge is 2.36. The van der Waals surface area contributed by atoms with Gasteiger partial charge in [-0.05, 0) is 55.7 Å². The maximum absolute atomic E-state index is 6.40. The van der Waals surface area contributed by atoms with E-state index in [-0.39, 0.29) is 5.54 Å². The van der Waals surface area contributed by atoms with Gasteiger partial charge in [0.1, 0.15) is 0 Å². The van der Waals surface area contributed by atoms with E-state index in [0.717, 1.165) is 46.9 Å². The summed E-state index contributed by atoms with van der Waals surface area (Å²) in [7, 11) is 1.68. The van der Waals surface area contributed by atoms with Crippen molar-refractivity contribution >= 4 is 15.9 Å². The van der Waals surface area contributed by atoms with Crippen molar-refractivity contribution < 1.29 is 9.47 Å². The molecule has 19 heavy (non-hydrogen) atoms. The Morgan fingerprint density at radius 2 is 2.05 bits per heavy atom. The smallest absolute Gasteiger partial charge is 0.162 e. The van der Waals surface area contributed by atoms with Crippen molar-refractivity contribution in [1.82, 2.24) is 0 Å². The standard InChI is InChI=1S/C15H20BrNO2/c1-18-13-7-11(15(17)5-2-6-15)12(16)8-14(13)19-9-10-3-4-10/h7-8,10H,2-6,9,17H2,1H3. The molecule has 0 unspecified atom stereocenters. The molecule has 1 aromatic rings. The Morgan fingerprint density at radius 3 is 2.58 bits per heavy atom. The van der Waals surface area contributed by atoms with Gasteiger partial charge in [0, 0.05) is 10.0 Å². The number of halogens is 1. The van der Waals surface area contributed by atoms with Gasteiger partial charge in [-0.1, -0.05) is 15.9 Å². The van der Waals surface area contributed by atoms with Crippen LogP contribution in [0.4, 0.5) is 0 Å². The average Bonchev–Trinajstić information content (AvgIpc) is 3.17. The lowest BCUT2D eigenvalue weighted by atomic mass is 9.73. The van der Waals surface area contributed by atoms with Crippen LogP contribution in [0.25, 0.3) is 0 Å². The molecule has 0 bridgehead atoms. The van der Waals surface area contributed by atoms with Gasteiger partial charge < -0.3 is 15.2 Å². The topological polar surface area (TPSA) is 44.5 Å². The van der Waals surface area contributed by atoms with Gasteiger partial charge in [0.05, 0.1) is 13.7 Å². The SMILES string of the molecule is COc1cc(C2(N)CCC2)c(Br)cc1OCC1CC1. The number of hydrogen-bond donors (Lipinski definition) is 1.